The molecule has 0 aliphatic rings. The van der Waals surface area contributed by atoms with Crippen molar-refractivity contribution in [3.63, 3.8) is 0 Å². The molecule has 0 aliphatic carbocycles. The van der Waals surface area contributed by atoms with Gasteiger partial charge in [-0.2, -0.15) is 0 Å². The Bertz CT molecular complexity index is 574. The van der Waals surface area contributed by atoms with E-state index >= 15 is 0 Å². The Morgan fingerprint density at radius 3 is 2.17 bits per heavy atom. The summed E-state index contributed by atoms with van der Waals surface area (Å²) in [6, 6.07) is 19.5. The lowest BCUT2D eigenvalue weighted by atomic mass is 10.1. The number of rotatable bonds is 7. The van der Waals surface area contributed by atoms with Crippen molar-refractivity contribution in [3.8, 4) is 0 Å². The zero-order chi connectivity index (χ0) is 15.8. The fourth-order valence-electron chi connectivity index (χ4n) is 2.49. The maximum Gasteiger partial charge on any atom is 0.243 e. The van der Waals surface area contributed by atoms with Crippen LogP contribution in [0.2, 0.25) is 0 Å². The highest BCUT2D eigenvalue weighted by Crippen LogP contribution is 2.16. The molecule has 3 nitrogen and oxygen atoms in total. The van der Waals surface area contributed by atoms with Crippen molar-refractivity contribution in [1.82, 2.24) is 0 Å². The van der Waals surface area contributed by atoms with E-state index in [0.29, 0.717) is 13.0 Å². The van der Waals surface area contributed by atoms with Gasteiger partial charge in [-0.05, 0) is 30.5 Å². The van der Waals surface area contributed by atoms with Crippen LogP contribution in [0.1, 0.15) is 25.3 Å². The Hall–Kier alpha value is -1.84. The summed E-state index contributed by atoms with van der Waals surface area (Å²) in [4.78, 5) is 14.5. The van der Waals surface area contributed by atoms with Crippen LogP contribution in [0.15, 0.2) is 60.7 Å². The summed E-state index contributed by atoms with van der Waals surface area (Å²) in [5.41, 5.74) is 8.18. The van der Waals surface area contributed by atoms with Gasteiger partial charge in [0.05, 0.1) is 6.04 Å². The Balaban J connectivity index is 0.00000264. The van der Waals surface area contributed by atoms with E-state index in [1.807, 2.05) is 60.4 Å². The smallest absolute Gasteiger partial charge is 0.243 e. The number of hydrogen-bond donors (Lipinski definition) is 1. The third-order valence-electron chi connectivity index (χ3n) is 3.72. The Morgan fingerprint density at radius 2 is 1.61 bits per heavy atom. The van der Waals surface area contributed by atoms with Gasteiger partial charge in [0.25, 0.3) is 0 Å². The first-order chi connectivity index (χ1) is 10.7. The molecule has 1 amide bonds. The molecule has 0 radical (unpaired) electrons. The summed E-state index contributed by atoms with van der Waals surface area (Å²) in [5, 5.41) is 0. The number of nitrogens with zero attached hydrogens (tertiary/aromatic N) is 1. The molecule has 0 saturated carbocycles. The monoisotopic (exact) mass is 332 g/mol. The first kappa shape index (κ1) is 19.2. The molecule has 1 unspecified atom stereocenters. The highest BCUT2D eigenvalue weighted by molar-refractivity contribution is 5.97. The minimum absolute atomic E-state index is 0. The highest BCUT2D eigenvalue weighted by atomic mass is 35.5. The van der Waals surface area contributed by atoms with Gasteiger partial charge in [0.1, 0.15) is 0 Å². The minimum atomic E-state index is -0.430. The number of nitrogens with two attached hydrogens (primary N) is 1. The van der Waals surface area contributed by atoms with Gasteiger partial charge in [-0.25, -0.2) is 0 Å². The lowest BCUT2D eigenvalue weighted by Gasteiger charge is -2.26. The van der Waals surface area contributed by atoms with E-state index in [0.717, 1.165) is 18.5 Å². The molecule has 124 valence electrons. The van der Waals surface area contributed by atoms with Crippen LogP contribution in [-0.4, -0.2) is 18.5 Å². The Labute approximate surface area is 144 Å². The molecule has 2 rings (SSSR count). The van der Waals surface area contributed by atoms with Gasteiger partial charge < -0.3 is 10.6 Å². The fraction of sp³-hybridized carbons (Fsp3) is 0.316. The largest absolute Gasteiger partial charge is 0.320 e. The van der Waals surface area contributed by atoms with Gasteiger partial charge in [-0.3, -0.25) is 4.79 Å². The molecule has 0 aromatic heterocycles. The lowest BCUT2D eigenvalue weighted by Crippen LogP contribution is -2.44. The average molecular weight is 333 g/mol. The Morgan fingerprint density at radius 1 is 1.04 bits per heavy atom. The summed E-state index contributed by atoms with van der Waals surface area (Å²) in [7, 11) is 0. The second kappa shape index (κ2) is 10.0. The summed E-state index contributed by atoms with van der Waals surface area (Å²) in [6.07, 6.45) is 2.45. The molecule has 2 aromatic carbocycles. The van der Waals surface area contributed by atoms with Crippen molar-refractivity contribution in [2.24, 2.45) is 5.73 Å². The molecule has 0 bridgehead atoms. The van der Waals surface area contributed by atoms with Crippen molar-refractivity contribution in [1.29, 1.82) is 0 Å². The molecule has 2 N–H and O–H groups in total. The lowest BCUT2D eigenvalue weighted by molar-refractivity contribution is -0.120. The van der Waals surface area contributed by atoms with Crippen LogP contribution < -0.4 is 10.6 Å². The van der Waals surface area contributed by atoms with Crippen LogP contribution in [0.25, 0.3) is 0 Å². The van der Waals surface area contributed by atoms with Gasteiger partial charge in [0, 0.05) is 12.2 Å². The van der Waals surface area contributed by atoms with E-state index in [-0.39, 0.29) is 18.3 Å². The first-order valence-electron chi connectivity index (χ1n) is 7.88. The van der Waals surface area contributed by atoms with E-state index < -0.39 is 6.04 Å². The predicted molar refractivity (Wildman–Crippen MR) is 99.1 cm³/mol. The maximum atomic E-state index is 12.7. The molecular weight excluding hydrogens is 308 g/mol. The summed E-state index contributed by atoms with van der Waals surface area (Å²) in [5.74, 6) is 0.00369. The predicted octanol–water partition coefficient (Wildman–Crippen LogP) is 3.81. The first-order valence-corrected chi connectivity index (χ1v) is 7.88. The molecular formula is C19H25ClN2O. The molecule has 0 aliphatic heterocycles. The van der Waals surface area contributed by atoms with Gasteiger partial charge in [0.2, 0.25) is 5.91 Å². The van der Waals surface area contributed by atoms with Crippen LogP contribution in [0, 0.1) is 0 Å². The minimum Gasteiger partial charge on any atom is -0.320 e. The van der Waals surface area contributed by atoms with Crippen molar-refractivity contribution >= 4 is 24.0 Å². The fourth-order valence-corrected chi connectivity index (χ4v) is 2.49. The SMILES string of the molecule is CCCC(N)C(=O)N(CCc1ccccc1)c1ccccc1.Cl. The zero-order valence-electron chi connectivity index (χ0n) is 13.5. The van der Waals surface area contributed by atoms with Gasteiger partial charge in [-0.1, -0.05) is 61.9 Å². The van der Waals surface area contributed by atoms with E-state index in [9.17, 15) is 4.79 Å². The molecule has 2 aromatic rings. The Kier molecular flexibility index (Phi) is 8.38. The molecule has 4 heteroatoms. The van der Waals surface area contributed by atoms with E-state index in [1.165, 1.54) is 5.56 Å². The summed E-state index contributed by atoms with van der Waals surface area (Å²) in [6.45, 7) is 2.69. The van der Waals surface area contributed by atoms with Crippen molar-refractivity contribution in [2.75, 3.05) is 11.4 Å². The third kappa shape index (κ3) is 5.70. The molecule has 0 heterocycles. The highest BCUT2D eigenvalue weighted by Gasteiger charge is 2.21. The normalized spacial score (nSPS) is 11.4. The van der Waals surface area contributed by atoms with E-state index in [4.69, 9.17) is 5.73 Å². The average Bonchev–Trinajstić information content (AvgIpc) is 2.57. The van der Waals surface area contributed by atoms with Gasteiger partial charge in [0.15, 0.2) is 0 Å². The topological polar surface area (TPSA) is 46.3 Å². The number of anilines is 1. The maximum absolute atomic E-state index is 12.7. The molecule has 23 heavy (non-hydrogen) atoms. The molecule has 0 saturated heterocycles. The molecule has 0 spiro atoms. The second-order valence-electron chi connectivity index (χ2n) is 5.46. The third-order valence-corrected chi connectivity index (χ3v) is 3.72. The quantitative estimate of drug-likeness (QED) is 0.838. The second-order valence-corrected chi connectivity index (χ2v) is 5.46. The van der Waals surface area contributed by atoms with Gasteiger partial charge >= 0.3 is 0 Å². The number of halogens is 1. The van der Waals surface area contributed by atoms with Crippen LogP contribution >= 0.6 is 12.4 Å². The van der Waals surface area contributed by atoms with Crippen LogP contribution in [0.5, 0.6) is 0 Å². The van der Waals surface area contributed by atoms with Crippen molar-refractivity contribution in [2.45, 2.75) is 32.2 Å². The van der Waals surface area contributed by atoms with E-state index in [1.54, 1.807) is 0 Å². The van der Waals surface area contributed by atoms with Crippen LogP contribution in [0.4, 0.5) is 5.69 Å². The number of amides is 1. The van der Waals surface area contributed by atoms with Crippen LogP contribution in [-0.2, 0) is 11.2 Å². The van der Waals surface area contributed by atoms with E-state index in [2.05, 4.69) is 12.1 Å². The van der Waals surface area contributed by atoms with Gasteiger partial charge in [-0.15, -0.1) is 12.4 Å². The number of benzene rings is 2. The summed E-state index contributed by atoms with van der Waals surface area (Å²) < 4.78 is 0. The molecule has 0 fully saturated rings. The summed E-state index contributed by atoms with van der Waals surface area (Å²) >= 11 is 0. The van der Waals surface area contributed by atoms with Crippen molar-refractivity contribution < 1.29 is 4.79 Å². The standard InChI is InChI=1S/C19H24N2O.ClH/c1-2-9-18(20)19(22)21(17-12-7-4-8-13-17)15-14-16-10-5-3-6-11-16;/h3-8,10-13,18H,2,9,14-15,20H2,1H3;1H. The number of para-hydroxylation sites is 1. The zero-order valence-corrected chi connectivity index (χ0v) is 14.3. The number of hydrogen-bond acceptors (Lipinski definition) is 2. The molecule has 1 atom stereocenters. The number of carbonyl (C=O) groups is 1. The number of carbonyl (C=O) groups excluding carboxylic acids is 1. The van der Waals surface area contributed by atoms with Crippen LogP contribution in [0.3, 0.4) is 0 Å². The van der Waals surface area contributed by atoms with Crippen molar-refractivity contribution in [3.05, 3.63) is 66.2 Å².